The third-order valence-corrected chi connectivity index (χ3v) is 3.21. The lowest BCUT2D eigenvalue weighted by Crippen LogP contribution is -2.01. The van der Waals surface area contributed by atoms with Gasteiger partial charge in [0.25, 0.3) is 0 Å². The van der Waals surface area contributed by atoms with Crippen molar-refractivity contribution in [3.05, 3.63) is 45.8 Å². The number of aryl methyl sites for hydroxylation is 2. The minimum absolute atomic E-state index is 0.284. The minimum atomic E-state index is -0.360. The van der Waals surface area contributed by atoms with Crippen LogP contribution < -0.4 is 5.63 Å². The van der Waals surface area contributed by atoms with Gasteiger partial charge in [0, 0.05) is 17.9 Å². The molecule has 0 aliphatic heterocycles. The molecule has 0 fully saturated rings. The van der Waals surface area contributed by atoms with Gasteiger partial charge in [0.15, 0.2) is 0 Å². The van der Waals surface area contributed by atoms with Crippen LogP contribution in [-0.4, -0.2) is 5.24 Å². The molecular formula is C15H15ClO3. The molecule has 0 bridgehead atoms. The van der Waals surface area contributed by atoms with Crippen molar-refractivity contribution < 1.29 is 9.21 Å². The molecule has 1 aromatic heterocycles. The summed E-state index contributed by atoms with van der Waals surface area (Å²) < 4.78 is 5.22. The summed E-state index contributed by atoms with van der Waals surface area (Å²) in [5.74, 6) is 0. The maximum Gasteiger partial charge on any atom is 0.336 e. The fourth-order valence-corrected chi connectivity index (χ4v) is 2.24. The zero-order valence-corrected chi connectivity index (χ0v) is 11.5. The van der Waals surface area contributed by atoms with Crippen LogP contribution in [0.25, 0.3) is 11.0 Å². The van der Waals surface area contributed by atoms with E-state index in [1.165, 1.54) is 0 Å². The lowest BCUT2D eigenvalue weighted by molar-refractivity contribution is -0.111. The molecule has 1 heterocycles. The van der Waals surface area contributed by atoms with Crippen LogP contribution in [0.4, 0.5) is 0 Å². The highest BCUT2D eigenvalue weighted by Gasteiger charge is 2.07. The zero-order valence-electron chi connectivity index (χ0n) is 10.7. The molecule has 100 valence electrons. The summed E-state index contributed by atoms with van der Waals surface area (Å²) in [5.41, 5.74) is 2.20. The van der Waals surface area contributed by atoms with Gasteiger partial charge in [0.1, 0.15) is 5.58 Å². The van der Waals surface area contributed by atoms with E-state index < -0.39 is 0 Å². The fraction of sp³-hybridized carbons (Fsp3) is 0.333. The Labute approximate surface area is 116 Å². The first-order valence-electron chi connectivity index (χ1n) is 6.34. The average molecular weight is 279 g/mol. The number of rotatable bonds is 5. The zero-order chi connectivity index (χ0) is 13.8. The summed E-state index contributed by atoms with van der Waals surface area (Å²) in [5, 5.41) is 0.601. The Bertz CT molecular complexity index is 658. The van der Waals surface area contributed by atoms with Crippen LogP contribution >= 0.6 is 11.6 Å². The maximum atomic E-state index is 11.5. The van der Waals surface area contributed by atoms with Crippen LogP contribution in [-0.2, 0) is 17.6 Å². The maximum absolute atomic E-state index is 11.5. The Kier molecular flexibility index (Phi) is 4.38. The van der Waals surface area contributed by atoms with Gasteiger partial charge in [-0.1, -0.05) is 25.5 Å². The summed E-state index contributed by atoms with van der Waals surface area (Å²) in [6.45, 7) is 2.07. The number of halogens is 1. The number of carbonyl (C=O) groups is 1. The number of benzene rings is 1. The molecule has 0 atom stereocenters. The third-order valence-electron chi connectivity index (χ3n) is 3.02. The number of fused-ring (bicyclic) bond motifs is 1. The number of hydrogen-bond acceptors (Lipinski definition) is 3. The molecule has 19 heavy (non-hydrogen) atoms. The van der Waals surface area contributed by atoms with Crippen molar-refractivity contribution in [1.82, 2.24) is 0 Å². The van der Waals surface area contributed by atoms with E-state index in [-0.39, 0.29) is 17.3 Å². The predicted octanol–water partition coefficient (Wildman–Crippen LogP) is 3.44. The highest BCUT2D eigenvalue weighted by Crippen LogP contribution is 2.20. The van der Waals surface area contributed by atoms with E-state index in [4.69, 9.17) is 16.0 Å². The van der Waals surface area contributed by atoms with Crippen molar-refractivity contribution in [1.29, 1.82) is 0 Å². The van der Waals surface area contributed by atoms with Gasteiger partial charge < -0.3 is 4.42 Å². The second kappa shape index (κ2) is 6.02. The quantitative estimate of drug-likeness (QED) is 0.622. The molecule has 0 radical (unpaired) electrons. The molecule has 2 aromatic rings. The fourth-order valence-electron chi connectivity index (χ4n) is 2.15. The van der Waals surface area contributed by atoms with Crippen LogP contribution in [0.5, 0.6) is 0 Å². The molecule has 1 aromatic carbocycles. The lowest BCUT2D eigenvalue weighted by atomic mass is 10.0. The normalized spacial score (nSPS) is 10.8. The second-order valence-electron chi connectivity index (χ2n) is 4.53. The largest absolute Gasteiger partial charge is 0.423 e. The highest BCUT2D eigenvalue weighted by molar-refractivity contribution is 6.63. The molecule has 0 N–H and O–H groups in total. The van der Waals surface area contributed by atoms with Gasteiger partial charge in [-0.15, -0.1) is 0 Å². The summed E-state index contributed by atoms with van der Waals surface area (Å²) in [4.78, 5) is 22.3. The molecule has 0 unspecified atom stereocenters. The van der Waals surface area contributed by atoms with Gasteiger partial charge in [0.2, 0.25) is 5.24 Å². The van der Waals surface area contributed by atoms with E-state index >= 15 is 0 Å². The topological polar surface area (TPSA) is 47.3 Å². The first-order chi connectivity index (χ1) is 9.10. The Morgan fingerprint density at radius 2 is 2.05 bits per heavy atom. The lowest BCUT2D eigenvalue weighted by Gasteiger charge is -2.05. The second-order valence-corrected chi connectivity index (χ2v) is 4.95. The van der Waals surface area contributed by atoms with Gasteiger partial charge >= 0.3 is 5.63 Å². The van der Waals surface area contributed by atoms with Crippen LogP contribution in [0.2, 0.25) is 0 Å². The van der Waals surface area contributed by atoms with Crippen molar-refractivity contribution >= 4 is 27.8 Å². The summed E-state index contributed by atoms with van der Waals surface area (Å²) in [7, 11) is 0. The van der Waals surface area contributed by atoms with E-state index in [2.05, 4.69) is 6.92 Å². The predicted molar refractivity (Wildman–Crippen MR) is 75.7 cm³/mol. The van der Waals surface area contributed by atoms with Gasteiger partial charge in [-0.05, 0) is 41.6 Å². The van der Waals surface area contributed by atoms with E-state index in [0.29, 0.717) is 12.0 Å². The van der Waals surface area contributed by atoms with E-state index in [1.54, 1.807) is 6.07 Å². The van der Waals surface area contributed by atoms with Gasteiger partial charge in [-0.2, -0.15) is 0 Å². The van der Waals surface area contributed by atoms with Crippen LogP contribution in [0.3, 0.4) is 0 Å². The molecule has 0 saturated carbocycles. The van der Waals surface area contributed by atoms with Gasteiger partial charge in [-0.3, -0.25) is 4.79 Å². The molecule has 0 amide bonds. The van der Waals surface area contributed by atoms with Crippen molar-refractivity contribution in [2.75, 3.05) is 0 Å². The first-order valence-corrected chi connectivity index (χ1v) is 6.72. The Morgan fingerprint density at radius 3 is 2.74 bits per heavy atom. The standard InChI is InChI=1S/C15H15ClO3/c1-2-3-11-9-15(18)19-13-8-10(4-6-12(11)13)5-7-14(16)17/h4,6,8-9H,2-3,5,7H2,1H3. The van der Waals surface area contributed by atoms with Crippen molar-refractivity contribution in [2.45, 2.75) is 32.6 Å². The van der Waals surface area contributed by atoms with Gasteiger partial charge in [-0.25, -0.2) is 4.79 Å². The highest BCUT2D eigenvalue weighted by atomic mass is 35.5. The molecule has 3 nitrogen and oxygen atoms in total. The van der Waals surface area contributed by atoms with Crippen molar-refractivity contribution in [2.24, 2.45) is 0 Å². The monoisotopic (exact) mass is 278 g/mol. The summed E-state index contributed by atoms with van der Waals surface area (Å²) in [6.07, 6.45) is 2.66. The van der Waals surface area contributed by atoms with Crippen molar-refractivity contribution in [3.8, 4) is 0 Å². The number of carbonyl (C=O) groups excluding carboxylic acids is 1. The number of hydrogen-bond donors (Lipinski definition) is 0. The smallest absolute Gasteiger partial charge is 0.336 e. The molecule has 0 aliphatic carbocycles. The summed E-state index contributed by atoms with van der Waals surface area (Å²) >= 11 is 5.33. The Balaban J connectivity index is 2.42. The SMILES string of the molecule is CCCc1cc(=O)oc2cc(CCC(=O)Cl)ccc12. The first kappa shape index (κ1) is 13.8. The molecular weight excluding hydrogens is 264 g/mol. The minimum Gasteiger partial charge on any atom is -0.423 e. The van der Waals surface area contributed by atoms with Crippen LogP contribution in [0.15, 0.2) is 33.5 Å². The molecule has 0 spiro atoms. The molecule has 0 aliphatic rings. The van der Waals surface area contributed by atoms with E-state index in [0.717, 1.165) is 29.4 Å². The van der Waals surface area contributed by atoms with Crippen LogP contribution in [0, 0.1) is 0 Å². The molecule has 0 saturated heterocycles. The molecule has 4 heteroatoms. The summed E-state index contributed by atoms with van der Waals surface area (Å²) in [6, 6.07) is 7.25. The van der Waals surface area contributed by atoms with E-state index in [1.807, 2.05) is 18.2 Å². The third kappa shape index (κ3) is 3.44. The van der Waals surface area contributed by atoms with Gasteiger partial charge in [0.05, 0.1) is 0 Å². The molecule has 2 rings (SSSR count). The van der Waals surface area contributed by atoms with E-state index in [9.17, 15) is 9.59 Å². The average Bonchev–Trinajstić information content (AvgIpc) is 2.36. The van der Waals surface area contributed by atoms with Crippen molar-refractivity contribution in [3.63, 3.8) is 0 Å². The Morgan fingerprint density at radius 1 is 1.26 bits per heavy atom. The Hall–Kier alpha value is -1.61. The van der Waals surface area contributed by atoms with Crippen LogP contribution in [0.1, 0.15) is 30.9 Å².